The van der Waals surface area contributed by atoms with Crippen LogP contribution in [0.25, 0.3) is 11.3 Å². The first kappa shape index (κ1) is 15.0. The van der Waals surface area contributed by atoms with E-state index < -0.39 is 0 Å². The maximum absolute atomic E-state index is 12.0. The van der Waals surface area contributed by atoms with Crippen LogP contribution >= 0.6 is 11.3 Å². The molecule has 2 heterocycles. The largest absolute Gasteiger partial charge is 0.331 e. The lowest BCUT2D eigenvalue weighted by molar-refractivity contribution is 0.189. The molecule has 0 aliphatic carbocycles. The number of piperazine rings is 1. The zero-order valence-corrected chi connectivity index (χ0v) is 13.4. The summed E-state index contributed by atoms with van der Waals surface area (Å²) in [7, 11) is 0. The molecule has 1 aliphatic heterocycles. The van der Waals surface area contributed by atoms with Crippen molar-refractivity contribution in [1.29, 1.82) is 0 Å². The van der Waals surface area contributed by atoms with Gasteiger partial charge in [-0.15, -0.1) is 11.3 Å². The van der Waals surface area contributed by atoms with Crippen molar-refractivity contribution in [2.24, 2.45) is 0 Å². The van der Waals surface area contributed by atoms with Gasteiger partial charge in [0.2, 0.25) is 0 Å². The number of thiazole rings is 1. The fraction of sp³-hybridized carbons (Fsp3) is 0.375. The normalized spacial score (nSPS) is 14.9. The number of amides is 2. The van der Waals surface area contributed by atoms with Gasteiger partial charge >= 0.3 is 6.03 Å². The van der Waals surface area contributed by atoms with Crippen molar-refractivity contribution in [1.82, 2.24) is 20.5 Å². The van der Waals surface area contributed by atoms with Crippen molar-refractivity contribution in [2.45, 2.75) is 13.5 Å². The minimum absolute atomic E-state index is 0.00594. The van der Waals surface area contributed by atoms with Crippen LogP contribution in [0.2, 0.25) is 0 Å². The molecule has 22 heavy (non-hydrogen) atoms. The van der Waals surface area contributed by atoms with Crippen molar-refractivity contribution < 1.29 is 4.79 Å². The molecular weight excluding hydrogens is 296 g/mol. The van der Waals surface area contributed by atoms with Gasteiger partial charge in [0.25, 0.3) is 0 Å². The minimum Gasteiger partial charge on any atom is -0.331 e. The first-order valence-electron chi connectivity index (χ1n) is 7.47. The van der Waals surface area contributed by atoms with Gasteiger partial charge in [-0.2, -0.15) is 0 Å². The van der Waals surface area contributed by atoms with Crippen molar-refractivity contribution >= 4 is 17.4 Å². The number of aryl methyl sites for hydroxylation is 1. The zero-order valence-electron chi connectivity index (χ0n) is 12.6. The summed E-state index contributed by atoms with van der Waals surface area (Å²) in [5.74, 6) is 0. The molecule has 0 saturated carbocycles. The molecule has 1 saturated heterocycles. The van der Waals surface area contributed by atoms with Crippen LogP contribution in [0.1, 0.15) is 10.6 Å². The summed E-state index contributed by atoms with van der Waals surface area (Å²) in [5.41, 5.74) is 3.32. The molecule has 2 aromatic rings. The first-order chi connectivity index (χ1) is 10.7. The Morgan fingerprint density at radius 2 is 2.05 bits per heavy atom. The smallest absolute Gasteiger partial charge is 0.317 e. The van der Waals surface area contributed by atoms with Crippen LogP contribution in [0.5, 0.6) is 0 Å². The summed E-state index contributed by atoms with van der Waals surface area (Å²) in [6, 6.07) is 8.32. The van der Waals surface area contributed by atoms with Gasteiger partial charge in [-0.25, -0.2) is 9.78 Å². The Labute approximate surface area is 134 Å². The lowest BCUT2D eigenvalue weighted by atomic mass is 10.1. The van der Waals surface area contributed by atoms with Crippen LogP contribution < -0.4 is 10.6 Å². The molecule has 0 spiro atoms. The van der Waals surface area contributed by atoms with Gasteiger partial charge in [0.1, 0.15) is 5.01 Å². The van der Waals surface area contributed by atoms with Gasteiger partial charge in [-0.3, -0.25) is 0 Å². The number of nitrogens with one attached hydrogen (secondary N) is 2. The van der Waals surface area contributed by atoms with E-state index in [1.165, 1.54) is 5.56 Å². The maximum Gasteiger partial charge on any atom is 0.317 e. The summed E-state index contributed by atoms with van der Waals surface area (Å²) in [4.78, 5) is 18.5. The number of carbonyl (C=O) groups is 1. The van der Waals surface area contributed by atoms with E-state index >= 15 is 0 Å². The first-order valence-corrected chi connectivity index (χ1v) is 8.35. The van der Waals surface area contributed by atoms with Crippen LogP contribution in [-0.4, -0.2) is 42.1 Å². The summed E-state index contributed by atoms with van der Waals surface area (Å²) in [6.07, 6.45) is 0. The monoisotopic (exact) mass is 316 g/mol. The van der Waals surface area contributed by atoms with Gasteiger partial charge in [-0.05, 0) is 6.92 Å². The molecule has 1 aromatic carbocycles. The van der Waals surface area contributed by atoms with Crippen molar-refractivity contribution in [3.63, 3.8) is 0 Å². The molecule has 0 radical (unpaired) electrons. The van der Waals surface area contributed by atoms with Crippen molar-refractivity contribution in [3.8, 4) is 11.3 Å². The molecule has 5 nitrogen and oxygen atoms in total. The molecule has 1 aliphatic rings. The summed E-state index contributed by atoms with van der Waals surface area (Å²) >= 11 is 1.58. The van der Waals surface area contributed by atoms with Gasteiger partial charge < -0.3 is 15.5 Å². The van der Waals surface area contributed by atoms with E-state index in [4.69, 9.17) is 0 Å². The van der Waals surface area contributed by atoms with E-state index in [9.17, 15) is 4.79 Å². The predicted molar refractivity (Wildman–Crippen MR) is 89.0 cm³/mol. The predicted octanol–water partition coefficient (Wildman–Crippen LogP) is 2.23. The standard InChI is InChI=1S/C16H20N4OS/c1-12-2-4-13(5-3-12)14-11-22-15(19-14)10-18-16(21)20-8-6-17-7-9-20/h2-5,11,17H,6-10H2,1H3,(H,18,21). The van der Waals surface area contributed by atoms with Gasteiger partial charge in [-0.1, -0.05) is 29.8 Å². The number of nitrogens with zero attached hydrogens (tertiary/aromatic N) is 2. The third-order valence-electron chi connectivity index (χ3n) is 3.69. The third kappa shape index (κ3) is 3.64. The topological polar surface area (TPSA) is 57.3 Å². The molecule has 1 aromatic heterocycles. The minimum atomic E-state index is -0.00594. The molecule has 2 N–H and O–H groups in total. The zero-order chi connectivity index (χ0) is 15.4. The second kappa shape index (κ2) is 6.89. The number of benzene rings is 1. The second-order valence-electron chi connectivity index (χ2n) is 5.39. The molecule has 0 atom stereocenters. The van der Waals surface area contributed by atoms with Crippen LogP contribution in [0.15, 0.2) is 29.6 Å². The molecule has 2 amide bonds. The van der Waals surface area contributed by atoms with Crippen LogP contribution in [-0.2, 0) is 6.54 Å². The number of hydrogen-bond donors (Lipinski definition) is 2. The quantitative estimate of drug-likeness (QED) is 0.913. The Morgan fingerprint density at radius 1 is 1.32 bits per heavy atom. The summed E-state index contributed by atoms with van der Waals surface area (Å²) in [6.45, 7) is 5.81. The Hall–Kier alpha value is -1.92. The van der Waals surface area contributed by atoms with Crippen LogP contribution in [0, 0.1) is 6.92 Å². The molecule has 0 unspecified atom stereocenters. The van der Waals surface area contributed by atoms with E-state index in [0.717, 1.165) is 42.4 Å². The van der Waals surface area contributed by atoms with Gasteiger partial charge in [0.05, 0.1) is 12.2 Å². The van der Waals surface area contributed by atoms with E-state index in [1.807, 2.05) is 10.3 Å². The molecule has 0 bridgehead atoms. The SMILES string of the molecule is Cc1ccc(-c2csc(CNC(=O)N3CCNCC3)n2)cc1. The average Bonchev–Trinajstić information content (AvgIpc) is 3.03. The van der Waals surface area contributed by atoms with Gasteiger partial charge in [0, 0.05) is 37.1 Å². The second-order valence-corrected chi connectivity index (χ2v) is 6.33. The fourth-order valence-corrected chi connectivity index (χ4v) is 3.12. The highest BCUT2D eigenvalue weighted by Gasteiger charge is 2.16. The van der Waals surface area contributed by atoms with Gasteiger partial charge in [0.15, 0.2) is 0 Å². The molecule has 1 fully saturated rings. The fourth-order valence-electron chi connectivity index (χ4n) is 2.38. The highest BCUT2D eigenvalue weighted by atomic mass is 32.1. The Bertz CT molecular complexity index is 632. The Kier molecular flexibility index (Phi) is 4.70. The number of rotatable bonds is 3. The number of urea groups is 1. The number of carbonyl (C=O) groups excluding carboxylic acids is 1. The molecule has 6 heteroatoms. The molecule has 116 valence electrons. The molecular formula is C16H20N4OS. The number of hydrogen-bond acceptors (Lipinski definition) is 4. The Balaban J connectivity index is 1.57. The van der Waals surface area contributed by atoms with Crippen LogP contribution in [0.3, 0.4) is 0 Å². The van der Waals surface area contributed by atoms with E-state index in [0.29, 0.717) is 6.54 Å². The summed E-state index contributed by atoms with van der Waals surface area (Å²) in [5, 5.41) is 9.15. The molecule has 3 rings (SSSR count). The van der Waals surface area contributed by atoms with E-state index in [-0.39, 0.29) is 6.03 Å². The van der Waals surface area contributed by atoms with E-state index in [1.54, 1.807) is 11.3 Å². The average molecular weight is 316 g/mol. The lowest BCUT2D eigenvalue weighted by Crippen LogP contribution is -2.50. The third-order valence-corrected chi connectivity index (χ3v) is 4.54. The Morgan fingerprint density at radius 3 is 2.77 bits per heavy atom. The summed E-state index contributed by atoms with van der Waals surface area (Å²) < 4.78 is 0. The highest BCUT2D eigenvalue weighted by Crippen LogP contribution is 2.22. The lowest BCUT2D eigenvalue weighted by Gasteiger charge is -2.27. The van der Waals surface area contributed by atoms with Crippen molar-refractivity contribution in [2.75, 3.05) is 26.2 Å². The van der Waals surface area contributed by atoms with Crippen molar-refractivity contribution in [3.05, 3.63) is 40.2 Å². The maximum atomic E-state index is 12.0. The number of aromatic nitrogens is 1. The van der Waals surface area contributed by atoms with Crippen LogP contribution in [0.4, 0.5) is 4.79 Å². The van der Waals surface area contributed by atoms with E-state index in [2.05, 4.69) is 46.8 Å². The highest BCUT2D eigenvalue weighted by molar-refractivity contribution is 7.09.